The predicted molar refractivity (Wildman–Crippen MR) is 63.9 cm³/mol. The molecule has 0 atom stereocenters. The Balaban J connectivity index is 2.34. The van der Waals surface area contributed by atoms with Crippen LogP contribution in [0.4, 0.5) is 0 Å². The Morgan fingerprint density at radius 1 is 1.00 bits per heavy atom. The van der Waals surface area contributed by atoms with Crippen LogP contribution in [-0.4, -0.2) is 19.4 Å². The molecule has 0 spiro atoms. The molecular weight excluding hydrogens is 268 g/mol. The molecule has 0 saturated heterocycles. The number of nitrogens with zero attached hydrogens (tertiary/aromatic N) is 4. The molecule has 0 radical (unpaired) electrons. The number of rotatable bonds is 1. The normalized spacial score (nSPS) is 10.8. The molecule has 5 heteroatoms. The lowest BCUT2D eigenvalue weighted by Gasteiger charge is -2.04. The number of fused-ring (bicyclic) bond motifs is 1. The maximum atomic E-state index is 4.24. The molecule has 0 bridgehead atoms. The minimum absolute atomic E-state index is 0.687. The number of aromatic nitrogens is 4. The van der Waals surface area contributed by atoms with Gasteiger partial charge in [-0.3, -0.25) is 4.40 Å². The van der Waals surface area contributed by atoms with Crippen LogP contribution in [0.3, 0.4) is 0 Å². The average Bonchev–Trinajstić information content (AvgIpc) is 2.77. The predicted octanol–water partition coefficient (Wildman–Crippen LogP) is 2.55. The van der Waals surface area contributed by atoms with Gasteiger partial charge in [-0.05, 0) is 18.2 Å². The van der Waals surface area contributed by atoms with E-state index < -0.39 is 0 Å². The van der Waals surface area contributed by atoms with E-state index in [1.54, 1.807) is 24.7 Å². The summed E-state index contributed by atoms with van der Waals surface area (Å²) in [5.74, 6) is 0.687. The zero-order valence-electron chi connectivity index (χ0n) is 8.21. The summed E-state index contributed by atoms with van der Waals surface area (Å²) < 4.78 is 2.92. The Morgan fingerprint density at radius 3 is 2.62 bits per heavy atom. The second-order valence-electron chi connectivity index (χ2n) is 3.29. The first kappa shape index (κ1) is 9.47. The number of hydrogen-bond donors (Lipinski definition) is 0. The van der Waals surface area contributed by atoms with E-state index in [0.717, 1.165) is 15.8 Å². The van der Waals surface area contributed by atoms with Crippen molar-refractivity contribution in [3.8, 4) is 11.5 Å². The highest BCUT2D eigenvalue weighted by Crippen LogP contribution is 2.21. The van der Waals surface area contributed by atoms with Crippen molar-refractivity contribution in [3.63, 3.8) is 0 Å². The zero-order chi connectivity index (χ0) is 11.0. The van der Waals surface area contributed by atoms with Gasteiger partial charge in [-0.1, -0.05) is 15.9 Å². The van der Waals surface area contributed by atoms with E-state index in [-0.39, 0.29) is 0 Å². The number of imidazole rings is 1. The summed E-state index contributed by atoms with van der Waals surface area (Å²) in [5.41, 5.74) is 1.79. The van der Waals surface area contributed by atoms with Crippen LogP contribution >= 0.6 is 15.9 Å². The standard InChI is InChI=1S/C11H7BrN4/c12-8-6-9(11-14-2-1-3-15-11)16-5-4-13-10(16)7-8/h1-7H. The summed E-state index contributed by atoms with van der Waals surface area (Å²) in [6.07, 6.45) is 7.11. The Bertz CT molecular complexity index is 633. The van der Waals surface area contributed by atoms with Gasteiger partial charge in [0, 0.05) is 29.3 Å². The molecule has 0 aromatic carbocycles. The van der Waals surface area contributed by atoms with Crippen molar-refractivity contribution < 1.29 is 0 Å². The molecule has 0 amide bonds. The average molecular weight is 275 g/mol. The fourth-order valence-electron chi connectivity index (χ4n) is 1.59. The van der Waals surface area contributed by atoms with E-state index in [4.69, 9.17) is 0 Å². The van der Waals surface area contributed by atoms with Crippen molar-refractivity contribution in [1.82, 2.24) is 19.4 Å². The fraction of sp³-hybridized carbons (Fsp3) is 0. The second kappa shape index (κ2) is 3.68. The van der Waals surface area contributed by atoms with Crippen LogP contribution in [0.15, 0.2) is 47.5 Å². The molecule has 0 aliphatic carbocycles. The topological polar surface area (TPSA) is 43.1 Å². The van der Waals surface area contributed by atoms with E-state index in [1.165, 1.54) is 0 Å². The molecule has 0 N–H and O–H groups in total. The first-order valence-corrected chi connectivity index (χ1v) is 5.54. The molecule has 0 unspecified atom stereocenters. The minimum Gasteiger partial charge on any atom is -0.297 e. The van der Waals surface area contributed by atoms with Crippen LogP contribution < -0.4 is 0 Å². The highest BCUT2D eigenvalue weighted by atomic mass is 79.9. The van der Waals surface area contributed by atoms with E-state index in [2.05, 4.69) is 30.9 Å². The van der Waals surface area contributed by atoms with Gasteiger partial charge in [-0.2, -0.15) is 0 Å². The third kappa shape index (κ3) is 1.49. The smallest absolute Gasteiger partial charge is 0.176 e. The molecule has 4 nitrogen and oxygen atoms in total. The number of pyridine rings is 1. The maximum Gasteiger partial charge on any atom is 0.176 e. The van der Waals surface area contributed by atoms with E-state index in [1.807, 2.05) is 22.7 Å². The number of hydrogen-bond acceptors (Lipinski definition) is 3. The maximum absolute atomic E-state index is 4.24. The Kier molecular flexibility index (Phi) is 2.18. The van der Waals surface area contributed by atoms with Gasteiger partial charge >= 0.3 is 0 Å². The molecule has 16 heavy (non-hydrogen) atoms. The van der Waals surface area contributed by atoms with Crippen LogP contribution in [0.25, 0.3) is 17.2 Å². The molecule has 3 aromatic heterocycles. The fourth-order valence-corrected chi connectivity index (χ4v) is 2.02. The van der Waals surface area contributed by atoms with Crippen LogP contribution in [-0.2, 0) is 0 Å². The van der Waals surface area contributed by atoms with Gasteiger partial charge in [0.25, 0.3) is 0 Å². The van der Waals surface area contributed by atoms with Crippen molar-refractivity contribution in [3.05, 3.63) is 47.5 Å². The molecule has 3 heterocycles. The highest BCUT2D eigenvalue weighted by Gasteiger charge is 2.07. The van der Waals surface area contributed by atoms with Crippen LogP contribution in [0, 0.1) is 0 Å². The van der Waals surface area contributed by atoms with Crippen molar-refractivity contribution in [2.75, 3.05) is 0 Å². The third-order valence-corrected chi connectivity index (χ3v) is 2.72. The van der Waals surface area contributed by atoms with Gasteiger partial charge in [0.05, 0.1) is 5.69 Å². The summed E-state index contributed by atoms with van der Waals surface area (Å²) >= 11 is 3.46. The Hall–Kier alpha value is -1.75. The zero-order valence-corrected chi connectivity index (χ0v) is 9.79. The Labute approximate surface area is 100 Å². The molecule has 3 aromatic rings. The molecule has 78 valence electrons. The summed E-state index contributed by atoms with van der Waals surface area (Å²) in [6, 6.07) is 5.73. The minimum atomic E-state index is 0.687. The molecule has 0 aliphatic heterocycles. The van der Waals surface area contributed by atoms with Gasteiger partial charge in [0.2, 0.25) is 0 Å². The SMILES string of the molecule is Brc1cc(-c2ncccn2)n2ccnc2c1. The molecule has 0 saturated carbocycles. The van der Waals surface area contributed by atoms with Gasteiger partial charge in [-0.15, -0.1) is 0 Å². The van der Waals surface area contributed by atoms with Crippen LogP contribution in [0.5, 0.6) is 0 Å². The van der Waals surface area contributed by atoms with E-state index >= 15 is 0 Å². The lowest BCUT2D eigenvalue weighted by Crippen LogP contribution is -1.95. The highest BCUT2D eigenvalue weighted by molar-refractivity contribution is 9.10. The second-order valence-corrected chi connectivity index (χ2v) is 4.20. The van der Waals surface area contributed by atoms with E-state index in [9.17, 15) is 0 Å². The third-order valence-electron chi connectivity index (χ3n) is 2.27. The van der Waals surface area contributed by atoms with Crippen LogP contribution in [0.1, 0.15) is 0 Å². The monoisotopic (exact) mass is 274 g/mol. The lowest BCUT2D eigenvalue weighted by molar-refractivity contribution is 1.10. The largest absolute Gasteiger partial charge is 0.297 e. The van der Waals surface area contributed by atoms with Crippen molar-refractivity contribution in [2.45, 2.75) is 0 Å². The first-order chi connectivity index (χ1) is 7.84. The molecule has 0 aliphatic rings. The lowest BCUT2D eigenvalue weighted by atomic mass is 10.3. The van der Waals surface area contributed by atoms with Gasteiger partial charge in [0.1, 0.15) is 5.65 Å². The summed E-state index contributed by atoms with van der Waals surface area (Å²) in [5, 5.41) is 0. The van der Waals surface area contributed by atoms with E-state index in [0.29, 0.717) is 5.82 Å². The molecule has 3 rings (SSSR count). The van der Waals surface area contributed by atoms with Gasteiger partial charge in [0.15, 0.2) is 5.82 Å². The molecule has 0 fully saturated rings. The van der Waals surface area contributed by atoms with Gasteiger partial charge < -0.3 is 0 Å². The van der Waals surface area contributed by atoms with Crippen molar-refractivity contribution in [2.24, 2.45) is 0 Å². The summed E-state index contributed by atoms with van der Waals surface area (Å²) in [6.45, 7) is 0. The quantitative estimate of drug-likeness (QED) is 0.685. The van der Waals surface area contributed by atoms with Crippen molar-refractivity contribution >= 4 is 21.6 Å². The van der Waals surface area contributed by atoms with Crippen molar-refractivity contribution in [1.29, 1.82) is 0 Å². The molecular formula is C11H7BrN4. The summed E-state index contributed by atoms with van der Waals surface area (Å²) in [7, 11) is 0. The van der Waals surface area contributed by atoms with Gasteiger partial charge in [-0.25, -0.2) is 15.0 Å². The number of halogens is 1. The van der Waals surface area contributed by atoms with Crippen LogP contribution in [0.2, 0.25) is 0 Å². The Morgan fingerprint density at radius 2 is 1.81 bits per heavy atom. The first-order valence-electron chi connectivity index (χ1n) is 4.74. The summed E-state index contributed by atoms with van der Waals surface area (Å²) in [4.78, 5) is 12.7.